The average molecular weight is 434 g/mol. The van der Waals surface area contributed by atoms with Crippen LogP contribution in [0.3, 0.4) is 0 Å². The molecule has 0 unspecified atom stereocenters. The second-order valence-electron chi connectivity index (χ2n) is 6.82. The third kappa shape index (κ3) is 4.12. The molecule has 152 valence electrons. The monoisotopic (exact) mass is 433 g/mol. The van der Waals surface area contributed by atoms with Gasteiger partial charge in [-0.05, 0) is 35.4 Å². The molecule has 12 heteroatoms. The minimum Gasteiger partial charge on any atom is -0.339 e. The molecule has 1 aromatic carbocycles. The first kappa shape index (κ1) is 19.8. The van der Waals surface area contributed by atoms with Crippen molar-refractivity contribution in [1.29, 1.82) is 5.26 Å². The highest BCUT2D eigenvalue weighted by Crippen LogP contribution is 2.36. The van der Waals surface area contributed by atoms with Crippen molar-refractivity contribution in [3.05, 3.63) is 29.8 Å². The molecule has 1 saturated heterocycles. The van der Waals surface area contributed by atoms with Gasteiger partial charge in [0.25, 0.3) is 0 Å². The Morgan fingerprint density at radius 2 is 1.93 bits per heavy atom. The van der Waals surface area contributed by atoms with Gasteiger partial charge in [-0.15, -0.1) is 5.10 Å². The number of benzene rings is 1. The largest absolute Gasteiger partial charge is 0.339 e. The lowest BCUT2D eigenvalue weighted by Gasteiger charge is -2.34. The number of hydrogen-bond acceptors (Lipinski definition) is 8. The zero-order valence-corrected chi connectivity index (χ0v) is 17.1. The van der Waals surface area contributed by atoms with Gasteiger partial charge in [-0.1, -0.05) is 23.9 Å². The van der Waals surface area contributed by atoms with Crippen molar-refractivity contribution in [2.75, 3.05) is 31.9 Å². The SMILES string of the molecule is N#Cc1ccccc1S(=O)(=O)N1CCN(C(=O)CSc2nnnn2C2CC2)CC1. The molecule has 1 aliphatic heterocycles. The van der Waals surface area contributed by atoms with E-state index >= 15 is 0 Å². The van der Waals surface area contributed by atoms with Crippen LogP contribution in [0.25, 0.3) is 0 Å². The van der Waals surface area contributed by atoms with Gasteiger partial charge in [0.1, 0.15) is 6.07 Å². The van der Waals surface area contributed by atoms with Crippen molar-refractivity contribution >= 4 is 27.7 Å². The van der Waals surface area contributed by atoms with Crippen LogP contribution >= 0.6 is 11.8 Å². The van der Waals surface area contributed by atoms with Gasteiger partial charge in [-0.3, -0.25) is 4.79 Å². The van der Waals surface area contributed by atoms with E-state index < -0.39 is 10.0 Å². The Hall–Kier alpha value is -2.49. The van der Waals surface area contributed by atoms with Crippen LogP contribution in [0.4, 0.5) is 0 Å². The molecule has 2 heterocycles. The second kappa shape index (κ2) is 8.10. The molecule has 29 heavy (non-hydrogen) atoms. The van der Waals surface area contributed by atoms with E-state index in [1.807, 2.05) is 6.07 Å². The Morgan fingerprint density at radius 1 is 1.21 bits per heavy atom. The molecule has 0 spiro atoms. The summed E-state index contributed by atoms with van der Waals surface area (Å²) < 4.78 is 28.8. The van der Waals surface area contributed by atoms with E-state index in [9.17, 15) is 18.5 Å². The molecule has 2 aliphatic rings. The first-order chi connectivity index (χ1) is 14.0. The van der Waals surface area contributed by atoms with Crippen LogP contribution in [0.15, 0.2) is 34.3 Å². The molecule has 0 N–H and O–H groups in total. The van der Waals surface area contributed by atoms with E-state index in [1.165, 1.54) is 28.2 Å². The fraction of sp³-hybridized carbons (Fsp3) is 0.471. The van der Waals surface area contributed by atoms with Crippen LogP contribution in [0.5, 0.6) is 0 Å². The fourth-order valence-electron chi connectivity index (χ4n) is 3.15. The maximum Gasteiger partial charge on any atom is 0.244 e. The first-order valence-corrected chi connectivity index (χ1v) is 11.6. The Kier molecular flexibility index (Phi) is 5.53. The van der Waals surface area contributed by atoms with Crippen molar-refractivity contribution in [1.82, 2.24) is 29.4 Å². The summed E-state index contributed by atoms with van der Waals surface area (Å²) in [7, 11) is -3.77. The summed E-state index contributed by atoms with van der Waals surface area (Å²) in [5.41, 5.74) is 0.121. The van der Waals surface area contributed by atoms with Crippen LogP contribution < -0.4 is 0 Å². The summed E-state index contributed by atoms with van der Waals surface area (Å²) in [5, 5.41) is 21.4. The molecule has 1 saturated carbocycles. The second-order valence-corrected chi connectivity index (χ2v) is 9.67. The number of aromatic nitrogens is 4. The zero-order valence-electron chi connectivity index (χ0n) is 15.5. The molecule has 1 aliphatic carbocycles. The number of sulfonamides is 1. The maximum absolute atomic E-state index is 12.9. The van der Waals surface area contributed by atoms with Gasteiger partial charge in [-0.2, -0.15) is 9.57 Å². The van der Waals surface area contributed by atoms with Crippen LogP contribution in [0.2, 0.25) is 0 Å². The molecule has 4 rings (SSSR count). The number of rotatable bonds is 6. The molecular formula is C17H19N7O3S2. The quantitative estimate of drug-likeness (QED) is 0.603. The molecule has 0 atom stereocenters. The average Bonchev–Trinajstić information content (AvgIpc) is 3.49. The van der Waals surface area contributed by atoms with Crippen molar-refractivity contribution in [2.45, 2.75) is 28.9 Å². The van der Waals surface area contributed by atoms with Crippen molar-refractivity contribution in [3.8, 4) is 6.07 Å². The lowest BCUT2D eigenvalue weighted by molar-refractivity contribution is -0.129. The maximum atomic E-state index is 12.9. The van der Waals surface area contributed by atoms with Gasteiger partial charge in [0.2, 0.25) is 21.1 Å². The van der Waals surface area contributed by atoms with E-state index in [0.717, 1.165) is 12.8 Å². The van der Waals surface area contributed by atoms with Gasteiger partial charge in [0.05, 0.1) is 22.3 Å². The highest BCUT2D eigenvalue weighted by molar-refractivity contribution is 7.99. The summed E-state index contributed by atoms with van der Waals surface area (Å²) in [6.45, 7) is 0.998. The van der Waals surface area contributed by atoms with E-state index in [-0.39, 0.29) is 35.2 Å². The van der Waals surface area contributed by atoms with Gasteiger partial charge in [-0.25, -0.2) is 13.1 Å². The number of tetrazole rings is 1. The molecule has 1 aromatic heterocycles. The number of amides is 1. The van der Waals surface area contributed by atoms with Gasteiger partial charge >= 0.3 is 0 Å². The van der Waals surface area contributed by atoms with E-state index in [2.05, 4.69) is 15.5 Å². The predicted molar refractivity (Wildman–Crippen MR) is 103 cm³/mol. The highest BCUT2D eigenvalue weighted by Gasteiger charge is 2.32. The third-order valence-electron chi connectivity index (χ3n) is 4.90. The molecule has 2 fully saturated rings. The Labute approximate surface area is 172 Å². The van der Waals surface area contributed by atoms with Gasteiger partial charge < -0.3 is 4.90 Å². The molecule has 1 amide bonds. The summed E-state index contributed by atoms with van der Waals surface area (Å²) in [5.74, 6) is 0.131. The highest BCUT2D eigenvalue weighted by atomic mass is 32.2. The van der Waals surface area contributed by atoms with Crippen LogP contribution in [0.1, 0.15) is 24.4 Å². The molecule has 2 aromatic rings. The van der Waals surface area contributed by atoms with Gasteiger partial charge in [0, 0.05) is 26.2 Å². The molecule has 0 bridgehead atoms. The molecule has 0 radical (unpaired) electrons. The number of carbonyl (C=O) groups is 1. The Bertz CT molecular complexity index is 1050. The Morgan fingerprint density at radius 3 is 2.62 bits per heavy atom. The standard InChI is InChI=1S/C17H19N7O3S2/c18-11-13-3-1-2-4-15(13)29(26,27)23-9-7-22(8-10-23)16(25)12-28-17-19-20-21-24(17)14-5-6-14/h1-4,14H,5-10,12H2. The van der Waals surface area contributed by atoms with Crippen LogP contribution in [-0.4, -0.2) is 75.7 Å². The number of piperazine rings is 1. The number of nitriles is 1. The van der Waals surface area contributed by atoms with E-state index in [1.54, 1.807) is 21.7 Å². The zero-order chi connectivity index (χ0) is 20.4. The lowest BCUT2D eigenvalue weighted by atomic mass is 10.2. The number of thioether (sulfide) groups is 1. The van der Waals surface area contributed by atoms with Crippen LogP contribution in [-0.2, 0) is 14.8 Å². The number of carbonyl (C=O) groups excluding carboxylic acids is 1. The lowest BCUT2D eigenvalue weighted by Crippen LogP contribution is -2.51. The predicted octanol–water partition coefficient (Wildman–Crippen LogP) is 0.505. The Balaban J connectivity index is 1.34. The summed E-state index contributed by atoms with van der Waals surface area (Å²) in [6.07, 6.45) is 2.11. The van der Waals surface area contributed by atoms with E-state index in [0.29, 0.717) is 24.3 Å². The number of nitrogens with zero attached hydrogens (tertiary/aromatic N) is 7. The normalized spacial score (nSPS) is 17.8. The fourth-order valence-corrected chi connectivity index (χ4v) is 5.56. The number of hydrogen-bond donors (Lipinski definition) is 0. The third-order valence-corrected chi connectivity index (χ3v) is 7.77. The summed E-state index contributed by atoms with van der Waals surface area (Å²) in [4.78, 5) is 14.2. The topological polar surface area (TPSA) is 125 Å². The van der Waals surface area contributed by atoms with Crippen LogP contribution in [0, 0.1) is 11.3 Å². The van der Waals surface area contributed by atoms with E-state index in [4.69, 9.17) is 0 Å². The van der Waals surface area contributed by atoms with Crippen molar-refractivity contribution in [3.63, 3.8) is 0 Å². The van der Waals surface area contributed by atoms with Crippen molar-refractivity contribution < 1.29 is 13.2 Å². The minimum absolute atomic E-state index is 0.00439. The molecular weight excluding hydrogens is 414 g/mol. The summed E-state index contributed by atoms with van der Waals surface area (Å²) >= 11 is 1.30. The molecule has 10 nitrogen and oxygen atoms in total. The smallest absolute Gasteiger partial charge is 0.244 e. The van der Waals surface area contributed by atoms with Crippen molar-refractivity contribution in [2.24, 2.45) is 0 Å². The first-order valence-electron chi connectivity index (χ1n) is 9.18. The summed E-state index contributed by atoms with van der Waals surface area (Å²) in [6, 6.07) is 8.41. The minimum atomic E-state index is -3.77. The van der Waals surface area contributed by atoms with Gasteiger partial charge in [0.15, 0.2) is 0 Å².